The van der Waals surface area contributed by atoms with E-state index in [1.807, 2.05) is 0 Å². The number of esters is 3. The molecule has 76 heavy (non-hydrogen) atoms. The highest BCUT2D eigenvalue weighted by molar-refractivity contribution is 5.71. The van der Waals surface area contributed by atoms with Crippen molar-refractivity contribution in [3.05, 3.63) is 97.2 Å². The number of allylic oxidation sites excluding steroid dienone is 16. The van der Waals surface area contributed by atoms with Gasteiger partial charge in [-0.25, -0.2) is 0 Å². The molecule has 0 rings (SSSR count). The van der Waals surface area contributed by atoms with E-state index in [4.69, 9.17) is 14.2 Å². The van der Waals surface area contributed by atoms with Crippen LogP contribution < -0.4 is 0 Å². The molecule has 0 heterocycles. The summed E-state index contributed by atoms with van der Waals surface area (Å²) in [5.41, 5.74) is 0. The van der Waals surface area contributed by atoms with Crippen molar-refractivity contribution in [3.8, 4) is 0 Å². The summed E-state index contributed by atoms with van der Waals surface area (Å²) in [6.45, 7) is 6.41. The van der Waals surface area contributed by atoms with Gasteiger partial charge in [-0.2, -0.15) is 0 Å². The van der Waals surface area contributed by atoms with E-state index >= 15 is 0 Å². The second-order valence-corrected chi connectivity index (χ2v) is 21.3. The lowest BCUT2D eigenvalue weighted by Gasteiger charge is -2.18. The van der Waals surface area contributed by atoms with Crippen molar-refractivity contribution < 1.29 is 28.6 Å². The average Bonchev–Trinajstić information content (AvgIpc) is 3.42. The molecule has 436 valence electrons. The third-order valence-electron chi connectivity index (χ3n) is 13.8. The molecule has 0 aliphatic heterocycles. The second kappa shape index (κ2) is 63.9. The zero-order valence-corrected chi connectivity index (χ0v) is 50.0. The number of hydrogen-bond acceptors (Lipinski definition) is 6. The van der Waals surface area contributed by atoms with Gasteiger partial charge in [-0.3, -0.25) is 14.4 Å². The van der Waals surface area contributed by atoms with Crippen LogP contribution in [0.1, 0.15) is 310 Å². The van der Waals surface area contributed by atoms with Gasteiger partial charge in [-0.15, -0.1) is 0 Å². The maximum atomic E-state index is 12.9. The fourth-order valence-electron chi connectivity index (χ4n) is 9.07. The molecular weight excluding hydrogens is 937 g/mol. The number of ether oxygens (including phenoxy) is 3. The van der Waals surface area contributed by atoms with E-state index in [1.54, 1.807) is 0 Å². The van der Waals surface area contributed by atoms with E-state index < -0.39 is 6.10 Å². The monoisotopic (exact) mass is 1060 g/mol. The molecule has 0 radical (unpaired) electrons. The molecule has 0 bridgehead atoms. The highest BCUT2D eigenvalue weighted by atomic mass is 16.6. The van der Waals surface area contributed by atoms with Gasteiger partial charge in [0, 0.05) is 19.3 Å². The first-order chi connectivity index (χ1) is 37.5. The van der Waals surface area contributed by atoms with Crippen LogP contribution in [0.4, 0.5) is 0 Å². The largest absolute Gasteiger partial charge is 0.462 e. The molecule has 0 fully saturated rings. The lowest BCUT2D eigenvalue weighted by molar-refractivity contribution is -0.167. The molecule has 0 spiro atoms. The Morgan fingerprint density at radius 1 is 0.276 bits per heavy atom. The summed E-state index contributed by atoms with van der Waals surface area (Å²) in [7, 11) is 0. The molecule has 0 aliphatic carbocycles. The minimum Gasteiger partial charge on any atom is -0.462 e. The first-order valence-electron chi connectivity index (χ1n) is 32.2. The summed E-state index contributed by atoms with van der Waals surface area (Å²) >= 11 is 0. The standard InChI is InChI=1S/C70H120O6/c1-4-7-10-13-16-19-22-25-28-30-32-34-35-36-38-39-42-45-48-51-54-57-60-63-69(72)75-66-67(65-74-68(71)62-59-56-53-50-47-44-41-27-24-21-18-15-12-9-6-3)76-70(73)64-61-58-55-52-49-46-43-40-37-33-31-29-26-23-20-17-14-11-8-5-2/h7,9-10,12,16,18-19,21,25,27-28,32,34,41,47,50,67H,4-6,8,11,13-15,17,20,22-24,26,29-31,33,35-40,42-46,48-49,51-66H2,1-3H3/b10-7-,12-9-,19-16-,21-18-,28-25-,34-32-,41-27-,50-47-. The van der Waals surface area contributed by atoms with Gasteiger partial charge < -0.3 is 14.2 Å². The summed E-state index contributed by atoms with van der Waals surface area (Å²) in [6.07, 6.45) is 85.6. The SMILES string of the molecule is CC/C=C\C/C=C\C/C=C\C/C=C\CCCCCCCCCCCCC(=O)OCC(COC(=O)CCCC/C=C\C/C=C\C/C=C\C/C=C\CC)OC(=O)CCCCCCCCCCCCCCCCCCCCCC. The fourth-order valence-corrected chi connectivity index (χ4v) is 9.07. The van der Waals surface area contributed by atoms with Crippen LogP contribution in [-0.2, 0) is 28.6 Å². The van der Waals surface area contributed by atoms with Gasteiger partial charge in [0.1, 0.15) is 13.2 Å². The molecule has 0 aliphatic rings. The van der Waals surface area contributed by atoms with Crippen LogP contribution in [0, 0.1) is 0 Å². The molecule has 0 aromatic heterocycles. The number of carbonyl (C=O) groups excluding carboxylic acids is 3. The molecule has 1 atom stereocenters. The predicted molar refractivity (Wildman–Crippen MR) is 330 cm³/mol. The summed E-state index contributed by atoms with van der Waals surface area (Å²) in [6, 6.07) is 0. The van der Waals surface area contributed by atoms with Gasteiger partial charge in [-0.05, 0) is 96.3 Å². The predicted octanol–water partition coefficient (Wildman–Crippen LogP) is 22.0. The van der Waals surface area contributed by atoms with E-state index in [1.165, 1.54) is 161 Å². The third kappa shape index (κ3) is 61.2. The molecular formula is C70H120O6. The van der Waals surface area contributed by atoms with Crippen LogP contribution in [0.3, 0.4) is 0 Å². The lowest BCUT2D eigenvalue weighted by Crippen LogP contribution is -2.30. The van der Waals surface area contributed by atoms with Crippen LogP contribution in [0.25, 0.3) is 0 Å². The molecule has 0 aromatic carbocycles. The quantitative estimate of drug-likeness (QED) is 0.0261. The van der Waals surface area contributed by atoms with Gasteiger partial charge in [-0.1, -0.05) is 291 Å². The van der Waals surface area contributed by atoms with Crippen LogP contribution in [-0.4, -0.2) is 37.2 Å². The Morgan fingerprint density at radius 2 is 0.513 bits per heavy atom. The van der Waals surface area contributed by atoms with Crippen LogP contribution in [0.5, 0.6) is 0 Å². The van der Waals surface area contributed by atoms with Crippen molar-refractivity contribution in [1.29, 1.82) is 0 Å². The summed E-state index contributed by atoms with van der Waals surface area (Å²) in [4.78, 5) is 38.3. The first kappa shape index (κ1) is 72.3. The maximum absolute atomic E-state index is 12.9. The van der Waals surface area contributed by atoms with Gasteiger partial charge in [0.2, 0.25) is 0 Å². The Hall–Kier alpha value is -3.67. The normalized spacial score (nSPS) is 12.7. The Morgan fingerprint density at radius 3 is 0.829 bits per heavy atom. The topological polar surface area (TPSA) is 78.9 Å². The van der Waals surface area contributed by atoms with Crippen LogP contribution in [0.15, 0.2) is 97.2 Å². The van der Waals surface area contributed by atoms with Crippen LogP contribution >= 0.6 is 0 Å². The minimum atomic E-state index is -0.797. The Balaban J connectivity index is 4.38. The lowest BCUT2D eigenvalue weighted by atomic mass is 10.0. The van der Waals surface area contributed by atoms with Crippen LogP contribution in [0.2, 0.25) is 0 Å². The van der Waals surface area contributed by atoms with Gasteiger partial charge in [0.05, 0.1) is 0 Å². The fraction of sp³-hybridized carbons (Fsp3) is 0.729. The number of unbranched alkanes of at least 4 members (excludes halogenated alkanes) is 31. The number of rotatable bonds is 58. The summed E-state index contributed by atoms with van der Waals surface area (Å²) in [5.74, 6) is -0.925. The smallest absolute Gasteiger partial charge is 0.306 e. The third-order valence-corrected chi connectivity index (χ3v) is 13.8. The average molecular weight is 1060 g/mol. The second-order valence-electron chi connectivity index (χ2n) is 21.3. The van der Waals surface area contributed by atoms with Gasteiger partial charge in [0.25, 0.3) is 0 Å². The van der Waals surface area contributed by atoms with Crippen molar-refractivity contribution in [3.63, 3.8) is 0 Å². The van der Waals surface area contributed by atoms with Crippen molar-refractivity contribution in [2.75, 3.05) is 13.2 Å². The highest BCUT2D eigenvalue weighted by Gasteiger charge is 2.19. The van der Waals surface area contributed by atoms with E-state index in [9.17, 15) is 14.4 Å². The molecule has 1 unspecified atom stereocenters. The Labute approximate surface area is 470 Å². The van der Waals surface area contributed by atoms with Gasteiger partial charge >= 0.3 is 17.9 Å². The van der Waals surface area contributed by atoms with E-state index in [0.717, 1.165) is 109 Å². The van der Waals surface area contributed by atoms with Crippen molar-refractivity contribution in [2.24, 2.45) is 0 Å². The van der Waals surface area contributed by atoms with Crippen molar-refractivity contribution in [2.45, 2.75) is 316 Å². The summed E-state index contributed by atoms with van der Waals surface area (Å²) in [5, 5.41) is 0. The van der Waals surface area contributed by atoms with E-state index in [0.29, 0.717) is 19.3 Å². The first-order valence-corrected chi connectivity index (χ1v) is 32.2. The molecule has 0 amide bonds. The van der Waals surface area contributed by atoms with Crippen molar-refractivity contribution in [1.82, 2.24) is 0 Å². The number of carbonyl (C=O) groups is 3. The number of hydrogen-bond donors (Lipinski definition) is 0. The molecule has 6 heteroatoms. The molecule has 6 nitrogen and oxygen atoms in total. The van der Waals surface area contributed by atoms with E-state index in [2.05, 4.69) is 118 Å². The zero-order valence-electron chi connectivity index (χ0n) is 50.0. The maximum Gasteiger partial charge on any atom is 0.306 e. The minimum absolute atomic E-state index is 0.0909. The molecule has 0 N–H and O–H groups in total. The van der Waals surface area contributed by atoms with Crippen molar-refractivity contribution >= 4 is 17.9 Å². The van der Waals surface area contributed by atoms with Gasteiger partial charge in [0.15, 0.2) is 6.10 Å². The molecule has 0 aromatic rings. The Kier molecular flexibility index (Phi) is 60.8. The molecule has 0 saturated heterocycles. The Bertz CT molecular complexity index is 1490. The zero-order chi connectivity index (χ0) is 55.0. The summed E-state index contributed by atoms with van der Waals surface area (Å²) < 4.78 is 16.9. The van der Waals surface area contributed by atoms with E-state index in [-0.39, 0.29) is 31.1 Å². The highest BCUT2D eigenvalue weighted by Crippen LogP contribution is 2.17. The molecule has 0 saturated carbocycles.